The number of hydrogen-bond donors (Lipinski definition) is 0. The Balaban J connectivity index is 1.76. The van der Waals surface area contributed by atoms with Crippen LogP contribution in [0.2, 0.25) is 0 Å². The van der Waals surface area contributed by atoms with Gasteiger partial charge in [0.15, 0.2) is 0 Å². The molecule has 3 heteroatoms. The van der Waals surface area contributed by atoms with E-state index in [2.05, 4.69) is 24.0 Å². The Hall–Kier alpha value is -0.930. The van der Waals surface area contributed by atoms with Crippen LogP contribution in [0.5, 0.6) is 0 Å². The normalized spacial score (nSPS) is 18.1. The molecule has 1 fully saturated rings. The summed E-state index contributed by atoms with van der Waals surface area (Å²) in [5.74, 6) is 0. The molecule has 3 nitrogen and oxygen atoms in total. The molecule has 1 heterocycles. The second-order valence-electron chi connectivity index (χ2n) is 4.47. The number of aromatic nitrogens is 1. The molecule has 0 unspecified atom stereocenters. The standard InChI is InChI=1S/C12H18N2O/c1-14(2)12(5-6-12)10-15-9-11-4-3-7-13-8-11/h3-4,7-8H,5-6,9-10H2,1-2H3. The fourth-order valence-electron chi connectivity index (χ4n) is 1.71. The number of likely N-dealkylation sites (N-methyl/N-ethyl adjacent to an activating group) is 1. The van der Waals surface area contributed by atoms with E-state index in [9.17, 15) is 0 Å². The third-order valence-electron chi connectivity index (χ3n) is 3.14. The molecule has 82 valence electrons. The van der Waals surface area contributed by atoms with Gasteiger partial charge in [0.25, 0.3) is 0 Å². The Labute approximate surface area is 91.1 Å². The minimum Gasteiger partial charge on any atom is -0.375 e. The van der Waals surface area contributed by atoms with Crippen molar-refractivity contribution in [2.24, 2.45) is 0 Å². The zero-order chi connectivity index (χ0) is 10.7. The summed E-state index contributed by atoms with van der Waals surface area (Å²) in [6, 6.07) is 3.99. The monoisotopic (exact) mass is 206 g/mol. The van der Waals surface area contributed by atoms with Crippen molar-refractivity contribution >= 4 is 0 Å². The second-order valence-corrected chi connectivity index (χ2v) is 4.47. The van der Waals surface area contributed by atoms with E-state index in [0.717, 1.165) is 12.2 Å². The molecule has 1 aliphatic rings. The minimum atomic E-state index is 0.322. The third-order valence-corrected chi connectivity index (χ3v) is 3.14. The molecule has 0 spiro atoms. The van der Waals surface area contributed by atoms with Gasteiger partial charge in [-0.2, -0.15) is 0 Å². The average molecular weight is 206 g/mol. The molecule has 1 saturated carbocycles. The third kappa shape index (κ3) is 2.55. The first kappa shape index (κ1) is 10.6. The lowest BCUT2D eigenvalue weighted by Gasteiger charge is -2.23. The van der Waals surface area contributed by atoms with Gasteiger partial charge >= 0.3 is 0 Å². The van der Waals surface area contributed by atoms with Gasteiger partial charge in [0.05, 0.1) is 13.2 Å². The topological polar surface area (TPSA) is 25.4 Å². The highest BCUT2D eigenvalue weighted by atomic mass is 16.5. The maximum Gasteiger partial charge on any atom is 0.0732 e. The van der Waals surface area contributed by atoms with Crippen molar-refractivity contribution in [1.82, 2.24) is 9.88 Å². The number of ether oxygens (including phenoxy) is 1. The molecule has 0 N–H and O–H groups in total. The highest BCUT2D eigenvalue weighted by Gasteiger charge is 2.44. The smallest absolute Gasteiger partial charge is 0.0732 e. The summed E-state index contributed by atoms with van der Waals surface area (Å²) in [5.41, 5.74) is 1.47. The van der Waals surface area contributed by atoms with Crippen molar-refractivity contribution in [3.05, 3.63) is 30.1 Å². The van der Waals surface area contributed by atoms with Gasteiger partial charge < -0.3 is 9.64 Å². The Morgan fingerprint density at radius 3 is 2.80 bits per heavy atom. The van der Waals surface area contributed by atoms with Crippen LogP contribution >= 0.6 is 0 Å². The summed E-state index contributed by atoms with van der Waals surface area (Å²) in [7, 11) is 4.25. The van der Waals surface area contributed by atoms with Gasteiger partial charge in [-0.1, -0.05) is 6.07 Å². The van der Waals surface area contributed by atoms with Crippen LogP contribution in [0, 0.1) is 0 Å². The van der Waals surface area contributed by atoms with Crippen molar-refractivity contribution in [3.8, 4) is 0 Å². The molecule has 0 radical (unpaired) electrons. The molecule has 1 aromatic heterocycles. The quantitative estimate of drug-likeness (QED) is 0.733. The molecule has 0 aliphatic heterocycles. The Morgan fingerprint density at radius 2 is 2.27 bits per heavy atom. The zero-order valence-corrected chi connectivity index (χ0v) is 9.44. The van der Waals surface area contributed by atoms with E-state index in [1.807, 2.05) is 18.3 Å². The van der Waals surface area contributed by atoms with Crippen LogP contribution in [0.15, 0.2) is 24.5 Å². The second kappa shape index (κ2) is 4.29. The van der Waals surface area contributed by atoms with E-state index in [1.165, 1.54) is 12.8 Å². The van der Waals surface area contributed by atoms with E-state index in [1.54, 1.807) is 6.20 Å². The predicted octanol–water partition coefficient (Wildman–Crippen LogP) is 1.69. The SMILES string of the molecule is CN(C)C1(COCc2cccnc2)CC1. The number of hydrogen-bond acceptors (Lipinski definition) is 3. The molecular formula is C12H18N2O. The molecule has 15 heavy (non-hydrogen) atoms. The van der Waals surface area contributed by atoms with Crippen LogP contribution < -0.4 is 0 Å². The summed E-state index contributed by atoms with van der Waals surface area (Å²) in [6.45, 7) is 1.50. The van der Waals surface area contributed by atoms with Crippen molar-refractivity contribution < 1.29 is 4.74 Å². The average Bonchev–Trinajstić information content (AvgIpc) is 3.01. The molecule has 0 amide bonds. The van der Waals surface area contributed by atoms with Gasteiger partial charge in [-0.05, 0) is 38.6 Å². The summed E-state index contributed by atoms with van der Waals surface area (Å²) >= 11 is 0. The number of nitrogens with zero attached hydrogens (tertiary/aromatic N) is 2. The van der Waals surface area contributed by atoms with E-state index < -0.39 is 0 Å². The first-order chi connectivity index (χ1) is 7.23. The van der Waals surface area contributed by atoms with Gasteiger partial charge in [0.2, 0.25) is 0 Å². The maximum absolute atomic E-state index is 5.73. The molecule has 0 saturated heterocycles. The molecule has 2 rings (SSSR count). The maximum atomic E-state index is 5.73. The first-order valence-electron chi connectivity index (χ1n) is 5.37. The van der Waals surface area contributed by atoms with E-state index in [4.69, 9.17) is 4.74 Å². The van der Waals surface area contributed by atoms with E-state index in [-0.39, 0.29) is 0 Å². The van der Waals surface area contributed by atoms with E-state index >= 15 is 0 Å². The lowest BCUT2D eigenvalue weighted by atomic mass is 10.2. The lowest BCUT2D eigenvalue weighted by molar-refractivity contribution is 0.0577. The first-order valence-corrected chi connectivity index (χ1v) is 5.37. The summed E-state index contributed by atoms with van der Waals surface area (Å²) in [5, 5.41) is 0. The van der Waals surface area contributed by atoms with Gasteiger partial charge in [-0.15, -0.1) is 0 Å². The fraction of sp³-hybridized carbons (Fsp3) is 0.583. The largest absolute Gasteiger partial charge is 0.375 e. The van der Waals surface area contributed by atoms with Crippen LogP contribution in [0.4, 0.5) is 0 Å². The molecular weight excluding hydrogens is 188 g/mol. The van der Waals surface area contributed by atoms with E-state index in [0.29, 0.717) is 12.1 Å². The van der Waals surface area contributed by atoms with Crippen LogP contribution in [0.1, 0.15) is 18.4 Å². The summed E-state index contributed by atoms with van der Waals surface area (Å²) in [6.07, 6.45) is 6.15. The van der Waals surface area contributed by atoms with Crippen molar-refractivity contribution in [2.45, 2.75) is 25.0 Å². The summed E-state index contributed by atoms with van der Waals surface area (Å²) in [4.78, 5) is 6.33. The van der Waals surface area contributed by atoms with Crippen LogP contribution in [0.25, 0.3) is 0 Å². The minimum absolute atomic E-state index is 0.322. The van der Waals surface area contributed by atoms with Crippen LogP contribution in [-0.2, 0) is 11.3 Å². The van der Waals surface area contributed by atoms with Crippen molar-refractivity contribution in [2.75, 3.05) is 20.7 Å². The molecule has 1 aromatic rings. The number of pyridine rings is 1. The Bertz CT molecular complexity index is 307. The predicted molar refractivity (Wildman–Crippen MR) is 59.5 cm³/mol. The van der Waals surface area contributed by atoms with Gasteiger partial charge in [0.1, 0.15) is 0 Å². The van der Waals surface area contributed by atoms with Crippen LogP contribution in [-0.4, -0.2) is 36.1 Å². The number of rotatable bonds is 5. The molecule has 0 bridgehead atoms. The highest BCUT2D eigenvalue weighted by Crippen LogP contribution is 2.40. The Kier molecular flexibility index (Phi) is 3.03. The molecule has 0 aromatic carbocycles. The molecule has 1 aliphatic carbocycles. The van der Waals surface area contributed by atoms with Crippen molar-refractivity contribution in [3.63, 3.8) is 0 Å². The fourth-order valence-corrected chi connectivity index (χ4v) is 1.71. The van der Waals surface area contributed by atoms with Gasteiger partial charge in [0, 0.05) is 17.9 Å². The van der Waals surface area contributed by atoms with Crippen molar-refractivity contribution in [1.29, 1.82) is 0 Å². The van der Waals surface area contributed by atoms with Crippen LogP contribution in [0.3, 0.4) is 0 Å². The van der Waals surface area contributed by atoms with Gasteiger partial charge in [-0.25, -0.2) is 0 Å². The lowest BCUT2D eigenvalue weighted by Crippen LogP contribution is -2.34. The zero-order valence-electron chi connectivity index (χ0n) is 9.44. The van der Waals surface area contributed by atoms with Gasteiger partial charge in [-0.3, -0.25) is 4.98 Å². The highest BCUT2D eigenvalue weighted by molar-refractivity contribution is 5.07. The Morgan fingerprint density at radius 1 is 1.47 bits per heavy atom. The summed E-state index contributed by atoms with van der Waals surface area (Å²) < 4.78 is 5.73. The molecule has 0 atom stereocenters.